The first-order valence-corrected chi connectivity index (χ1v) is 8.15. The number of hydrogen-bond donors (Lipinski definition) is 2. The highest BCUT2D eigenvalue weighted by atomic mass is 16.5. The average molecular weight is 334 g/mol. The maximum atomic E-state index is 5.38. The number of ether oxygens (including phenoxy) is 1. The van der Waals surface area contributed by atoms with Gasteiger partial charge in [-0.15, -0.1) is 0 Å². The Kier molecular flexibility index (Phi) is 4.84. The molecule has 0 radical (unpaired) electrons. The molecule has 5 nitrogen and oxygen atoms in total. The maximum absolute atomic E-state index is 5.38. The minimum atomic E-state index is 0.687. The van der Waals surface area contributed by atoms with Crippen LogP contribution in [0.5, 0.6) is 5.75 Å². The lowest BCUT2D eigenvalue weighted by atomic mass is 10.1. The maximum Gasteiger partial charge on any atom is 0.142 e. The molecule has 1 heterocycles. The Balaban J connectivity index is 1.87. The van der Waals surface area contributed by atoms with Crippen molar-refractivity contribution >= 4 is 23.0 Å². The van der Waals surface area contributed by atoms with Crippen LogP contribution in [0.4, 0.5) is 23.0 Å². The number of rotatable bonds is 5. The fourth-order valence-corrected chi connectivity index (χ4v) is 2.67. The number of para-hydroxylation sites is 2. The fourth-order valence-electron chi connectivity index (χ4n) is 2.67. The van der Waals surface area contributed by atoms with Crippen LogP contribution in [0.15, 0.2) is 48.5 Å². The zero-order valence-corrected chi connectivity index (χ0v) is 14.9. The predicted octanol–water partition coefficient (Wildman–Crippen LogP) is 4.90. The Morgan fingerprint density at radius 1 is 0.800 bits per heavy atom. The highest BCUT2D eigenvalue weighted by molar-refractivity contribution is 5.68. The molecular weight excluding hydrogens is 312 g/mol. The van der Waals surface area contributed by atoms with E-state index in [1.165, 1.54) is 11.1 Å². The van der Waals surface area contributed by atoms with Crippen LogP contribution in [0.2, 0.25) is 0 Å². The van der Waals surface area contributed by atoms with E-state index in [9.17, 15) is 0 Å². The third-order valence-electron chi connectivity index (χ3n) is 3.85. The Hall–Kier alpha value is -3.08. The number of aryl methyl sites for hydroxylation is 3. The first-order valence-electron chi connectivity index (χ1n) is 8.15. The van der Waals surface area contributed by atoms with Gasteiger partial charge in [0.05, 0.1) is 12.8 Å². The van der Waals surface area contributed by atoms with Crippen LogP contribution in [0, 0.1) is 20.8 Å². The Morgan fingerprint density at radius 3 is 2.16 bits per heavy atom. The van der Waals surface area contributed by atoms with Crippen LogP contribution in [-0.4, -0.2) is 17.1 Å². The number of benzene rings is 2. The van der Waals surface area contributed by atoms with E-state index < -0.39 is 0 Å². The van der Waals surface area contributed by atoms with E-state index in [2.05, 4.69) is 52.6 Å². The van der Waals surface area contributed by atoms with Crippen molar-refractivity contribution < 1.29 is 4.74 Å². The summed E-state index contributed by atoms with van der Waals surface area (Å²) in [5.74, 6) is 2.91. The van der Waals surface area contributed by atoms with Gasteiger partial charge in [0.15, 0.2) is 0 Å². The topological polar surface area (TPSA) is 59.1 Å². The largest absolute Gasteiger partial charge is 0.495 e. The number of methoxy groups -OCH3 is 1. The van der Waals surface area contributed by atoms with E-state index in [-0.39, 0.29) is 0 Å². The van der Waals surface area contributed by atoms with Gasteiger partial charge >= 0.3 is 0 Å². The molecular formula is C20H22N4O. The number of nitrogens with one attached hydrogen (secondary N) is 2. The van der Waals surface area contributed by atoms with Crippen molar-refractivity contribution in [1.29, 1.82) is 0 Å². The van der Waals surface area contributed by atoms with E-state index in [1.807, 2.05) is 37.3 Å². The van der Waals surface area contributed by atoms with Crippen LogP contribution in [0.1, 0.15) is 17.0 Å². The molecule has 0 atom stereocenters. The van der Waals surface area contributed by atoms with Gasteiger partial charge in [0.1, 0.15) is 23.2 Å². The molecule has 0 aliphatic carbocycles. The van der Waals surface area contributed by atoms with E-state index in [1.54, 1.807) is 7.11 Å². The molecule has 0 amide bonds. The highest BCUT2D eigenvalue weighted by Gasteiger charge is 2.07. The molecule has 1 aromatic heterocycles. The number of aromatic nitrogens is 2. The van der Waals surface area contributed by atoms with Gasteiger partial charge in [-0.1, -0.05) is 29.8 Å². The number of nitrogens with zero attached hydrogens (tertiary/aromatic N) is 2. The second-order valence-electron chi connectivity index (χ2n) is 5.95. The molecule has 2 N–H and O–H groups in total. The summed E-state index contributed by atoms with van der Waals surface area (Å²) < 4.78 is 5.38. The summed E-state index contributed by atoms with van der Waals surface area (Å²) in [4.78, 5) is 8.95. The zero-order valence-electron chi connectivity index (χ0n) is 14.9. The lowest BCUT2D eigenvalue weighted by molar-refractivity contribution is 0.417. The van der Waals surface area contributed by atoms with E-state index in [0.717, 1.165) is 22.9 Å². The van der Waals surface area contributed by atoms with Crippen LogP contribution >= 0.6 is 0 Å². The fraction of sp³-hybridized carbons (Fsp3) is 0.200. The molecule has 2 aromatic carbocycles. The Bertz CT molecular complexity index is 893. The highest BCUT2D eigenvalue weighted by Crippen LogP contribution is 2.28. The standard InChI is InChI=1S/C20H22N4O/c1-13-9-10-16(14(2)11-13)23-19-12-20(22-15(3)21-19)24-17-7-5-6-8-18(17)25-4/h5-12H,1-4H3,(H2,21,22,23,24). The third kappa shape index (κ3) is 4.07. The quantitative estimate of drug-likeness (QED) is 0.695. The van der Waals surface area contributed by atoms with Crippen molar-refractivity contribution in [2.24, 2.45) is 0 Å². The van der Waals surface area contributed by atoms with Crippen LogP contribution in [0.3, 0.4) is 0 Å². The molecule has 25 heavy (non-hydrogen) atoms. The van der Waals surface area contributed by atoms with Gasteiger partial charge in [-0.3, -0.25) is 0 Å². The molecule has 0 fully saturated rings. The monoisotopic (exact) mass is 334 g/mol. The minimum Gasteiger partial charge on any atom is -0.495 e. The van der Waals surface area contributed by atoms with Crippen molar-refractivity contribution in [1.82, 2.24) is 9.97 Å². The molecule has 0 aliphatic rings. The number of hydrogen-bond acceptors (Lipinski definition) is 5. The lowest BCUT2D eigenvalue weighted by Gasteiger charge is -2.13. The van der Waals surface area contributed by atoms with E-state index >= 15 is 0 Å². The van der Waals surface area contributed by atoms with Gasteiger partial charge in [0.25, 0.3) is 0 Å². The third-order valence-corrected chi connectivity index (χ3v) is 3.85. The molecule has 0 saturated heterocycles. The van der Waals surface area contributed by atoms with Gasteiger partial charge in [-0.25, -0.2) is 9.97 Å². The van der Waals surface area contributed by atoms with Gasteiger partial charge in [0, 0.05) is 11.8 Å². The molecule has 0 unspecified atom stereocenters. The SMILES string of the molecule is COc1ccccc1Nc1cc(Nc2ccc(C)cc2C)nc(C)n1. The summed E-state index contributed by atoms with van der Waals surface area (Å²) in [5, 5.41) is 6.67. The average Bonchev–Trinajstić information content (AvgIpc) is 2.57. The molecule has 0 bridgehead atoms. The minimum absolute atomic E-state index is 0.687. The molecule has 0 saturated carbocycles. The molecule has 3 aromatic rings. The predicted molar refractivity (Wildman–Crippen MR) is 102 cm³/mol. The van der Waals surface area contributed by atoms with Crippen LogP contribution in [0.25, 0.3) is 0 Å². The second kappa shape index (κ2) is 7.21. The summed E-state index contributed by atoms with van der Waals surface area (Å²) in [7, 11) is 1.65. The van der Waals surface area contributed by atoms with Crippen LogP contribution < -0.4 is 15.4 Å². The molecule has 0 spiro atoms. The van der Waals surface area contributed by atoms with Gasteiger partial charge in [-0.05, 0) is 44.5 Å². The van der Waals surface area contributed by atoms with Crippen molar-refractivity contribution in [2.45, 2.75) is 20.8 Å². The van der Waals surface area contributed by atoms with Crippen molar-refractivity contribution in [2.75, 3.05) is 17.7 Å². The first-order chi connectivity index (χ1) is 12.0. The summed E-state index contributed by atoms with van der Waals surface area (Å²) in [6, 6.07) is 15.9. The van der Waals surface area contributed by atoms with Gasteiger partial charge in [-0.2, -0.15) is 0 Å². The number of anilines is 4. The molecule has 128 valence electrons. The van der Waals surface area contributed by atoms with Crippen molar-refractivity contribution in [3.63, 3.8) is 0 Å². The smallest absolute Gasteiger partial charge is 0.142 e. The summed E-state index contributed by atoms with van der Waals surface area (Å²) >= 11 is 0. The Morgan fingerprint density at radius 2 is 1.48 bits per heavy atom. The van der Waals surface area contributed by atoms with E-state index in [4.69, 9.17) is 4.74 Å². The van der Waals surface area contributed by atoms with Gasteiger partial charge < -0.3 is 15.4 Å². The van der Waals surface area contributed by atoms with Crippen molar-refractivity contribution in [3.05, 3.63) is 65.5 Å². The zero-order chi connectivity index (χ0) is 17.8. The van der Waals surface area contributed by atoms with Gasteiger partial charge in [0.2, 0.25) is 0 Å². The van der Waals surface area contributed by atoms with Crippen LogP contribution in [-0.2, 0) is 0 Å². The van der Waals surface area contributed by atoms with E-state index in [0.29, 0.717) is 11.6 Å². The molecule has 3 rings (SSSR count). The second-order valence-corrected chi connectivity index (χ2v) is 5.95. The molecule has 5 heteroatoms. The summed E-state index contributed by atoms with van der Waals surface area (Å²) in [6.45, 7) is 6.04. The summed E-state index contributed by atoms with van der Waals surface area (Å²) in [6.07, 6.45) is 0. The van der Waals surface area contributed by atoms with Crippen molar-refractivity contribution in [3.8, 4) is 5.75 Å². The summed E-state index contributed by atoms with van der Waals surface area (Å²) in [5.41, 5.74) is 4.31. The first kappa shape index (κ1) is 16.8. The normalized spacial score (nSPS) is 10.4. The Labute approximate surface area is 148 Å². The lowest BCUT2D eigenvalue weighted by Crippen LogP contribution is -2.03. The molecule has 0 aliphatic heterocycles.